The molecule has 1 heterocycles. The van der Waals surface area contributed by atoms with Crippen molar-refractivity contribution in [3.05, 3.63) is 45.9 Å². The van der Waals surface area contributed by atoms with Gasteiger partial charge in [0, 0.05) is 16.5 Å². The standard InChI is InChI=1S/C11H9NO2/c1-7-9-4-2-8(14)3-5-10(9)11(6-13)12-7/h2-6,12H,1H3. The Morgan fingerprint density at radius 2 is 1.79 bits per heavy atom. The summed E-state index contributed by atoms with van der Waals surface area (Å²) in [6, 6.07) is 6.36. The molecule has 0 atom stereocenters. The lowest BCUT2D eigenvalue weighted by molar-refractivity contribution is 0.112. The molecule has 0 aliphatic heterocycles. The van der Waals surface area contributed by atoms with Gasteiger partial charge in [0.05, 0.1) is 5.69 Å². The van der Waals surface area contributed by atoms with E-state index < -0.39 is 0 Å². The van der Waals surface area contributed by atoms with E-state index >= 15 is 0 Å². The van der Waals surface area contributed by atoms with Crippen molar-refractivity contribution in [2.24, 2.45) is 0 Å². The normalized spacial score (nSPS) is 10.4. The van der Waals surface area contributed by atoms with E-state index in [1.54, 1.807) is 12.1 Å². The van der Waals surface area contributed by atoms with Gasteiger partial charge in [-0.25, -0.2) is 0 Å². The fraction of sp³-hybridized carbons (Fsp3) is 0.0909. The minimum atomic E-state index is -0.0579. The molecule has 2 aromatic rings. The largest absolute Gasteiger partial charge is 0.355 e. The van der Waals surface area contributed by atoms with Crippen molar-refractivity contribution in [3.63, 3.8) is 0 Å². The Balaban J connectivity index is 2.98. The number of nitrogens with one attached hydrogen (secondary N) is 1. The fourth-order valence-corrected chi connectivity index (χ4v) is 1.56. The minimum Gasteiger partial charge on any atom is -0.355 e. The van der Waals surface area contributed by atoms with Gasteiger partial charge < -0.3 is 4.98 Å². The molecule has 14 heavy (non-hydrogen) atoms. The van der Waals surface area contributed by atoms with Gasteiger partial charge in [0.2, 0.25) is 0 Å². The number of hydrogen-bond acceptors (Lipinski definition) is 2. The average Bonchev–Trinajstić information content (AvgIpc) is 2.33. The number of carbonyl (C=O) groups is 1. The molecule has 0 unspecified atom stereocenters. The van der Waals surface area contributed by atoms with Crippen LogP contribution in [0.15, 0.2) is 29.1 Å². The van der Waals surface area contributed by atoms with E-state index in [2.05, 4.69) is 4.98 Å². The second kappa shape index (κ2) is 3.10. The quantitative estimate of drug-likeness (QED) is 0.690. The summed E-state index contributed by atoms with van der Waals surface area (Å²) >= 11 is 0. The van der Waals surface area contributed by atoms with Gasteiger partial charge in [-0.3, -0.25) is 9.59 Å². The first-order valence-electron chi connectivity index (χ1n) is 4.30. The van der Waals surface area contributed by atoms with Gasteiger partial charge in [-0.05, 0) is 31.2 Å². The smallest absolute Gasteiger partial charge is 0.178 e. The van der Waals surface area contributed by atoms with Gasteiger partial charge in [-0.2, -0.15) is 0 Å². The first-order chi connectivity index (χ1) is 6.72. The van der Waals surface area contributed by atoms with Gasteiger partial charge in [0.15, 0.2) is 11.7 Å². The Kier molecular flexibility index (Phi) is 1.93. The molecule has 0 spiro atoms. The van der Waals surface area contributed by atoms with Crippen molar-refractivity contribution < 1.29 is 4.79 Å². The minimum absolute atomic E-state index is 0.0579. The van der Waals surface area contributed by atoms with Gasteiger partial charge in [-0.1, -0.05) is 0 Å². The third-order valence-corrected chi connectivity index (χ3v) is 2.25. The van der Waals surface area contributed by atoms with Crippen molar-refractivity contribution in [3.8, 4) is 0 Å². The highest BCUT2D eigenvalue weighted by Gasteiger charge is 2.04. The lowest BCUT2D eigenvalue weighted by atomic mass is 10.2. The number of rotatable bonds is 1. The Morgan fingerprint density at radius 1 is 1.14 bits per heavy atom. The summed E-state index contributed by atoms with van der Waals surface area (Å²) in [4.78, 5) is 24.8. The third kappa shape index (κ3) is 1.23. The van der Waals surface area contributed by atoms with Crippen molar-refractivity contribution in [2.75, 3.05) is 0 Å². The highest BCUT2D eigenvalue weighted by Crippen LogP contribution is 2.18. The van der Waals surface area contributed by atoms with Crippen molar-refractivity contribution in [1.82, 2.24) is 4.98 Å². The number of fused-ring (bicyclic) bond motifs is 1. The molecule has 0 saturated carbocycles. The van der Waals surface area contributed by atoms with Crippen molar-refractivity contribution >= 4 is 17.1 Å². The van der Waals surface area contributed by atoms with Crippen molar-refractivity contribution in [1.29, 1.82) is 0 Å². The molecule has 0 aliphatic carbocycles. The van der Waals surface area contributed by atoms with E-state index in [0.717, 1.165) is 22.8 Å². The lowest BCUT2D eigenvalue weighted by Gasteiger charge is -1.81. The molecule has 3 nitrogen and oxygen atoms in total. The monoisotopic (exact) mass is 187 g/mol. The molecule has 0 bridgehead atoms. The zero-order valence-corrected chi connectivity index (χ0v) is 7.70. The summed E-state index contributed by atoms with van der Waals surface area (Å²) in [5.74, 6) is 0. The predicted molar refractivity (Wildman–Crippen MR) is 54.7 cm³/mol. The summed E-state index contributed by atoms with van der Waals surface area (Å²) in [5, 5.41) is 1.70. The molecule has 1 aromatic carbocycles. The van der Waals surface area contributed by atoms with E-state index in [1.165, 1.54) is 12.1 Å². The van der Waals surface area contributed by atoms with E-state index in [9.17, 15) is 9.59 Å². The van der Waals surface area contributed by atoms with Crippen LogP contribution in [0.1, 0.15) is 16.2 Å². The Bertz CT molecular complexity index is 555. The fourth-order valence-electron chi connectivity index (χ4n) is 1.56. The molecule has 70 valence electrons. The zero-order valence-electron chi connectivity index (χ0n) is 7.70. The number of H-pyrrole nitrogens is 1. The zero-order chi connectivity index (χ0) is 10.1. The van der Waals surface area contributed by atoms with Gasteiger partial charge in [0.1, 0.15) is 0 Å². The Labute approximate surface area is 80.4 Å². The second-order valence-electron chi connectivity index (χ2n) is 3.18. The molecule has 0 fully saturated rings. The van der Waals surface area contributed by atoms with Gasteiger partial charge in [0.25, 0.3) is 0 Å². The van der Waals surface area contributed by atoms with Gasteiger partial charge in [-0.15, -0.1) is 0 Å². The summed E-state index contributed by atoms with van der Waals surface area (Å²) in [5.41, 5.74) is 1.36. The predicted octanol–water partition coefficient (Wildman–Crippen LogP) is 1.65. The van der Waals surface area contributed by atoms with Crippen LogP contribution in [0, 0.1) is 6.92 Å². The highest BCUT2D eigenvalue weighted by molar-refractivity contribution is 5.98. The van der Waals surface area contributed by atoms with Crippen LogP contribution in [0.3, 0.4) is 0 Å². The topological polar surface area (TPSA) is 49.9 Å². The number of aryl methyl sites for hydroxylation is 1. The van der Waals surface area contributed by atoms with E-state index in [0.29, 0.717) is 5.69 Å². The summed E-state index contributed by atoms with van der Waals surface area (Å²) in [7, 11) is 0. The summed E-state index contributed by atoms with van der Waals surface area (Å²) in [6.07, 6.45) is 0.764. The van der Waals surface area contributed by atoms with E-state index in [4.69, 9.17) is 0 Å². The number of hydrogen-bond donors (Lipinski definition) is 1. The number of carbonyl (C=O) groups excluding carboxylic acids is 1. The van der Waals surface area contributed by atoms with E-state index in [-0.39, 0.29) is 5.43 Å². The van der Waals surface area contributed by atoms with Crippen LogP contribution in [0.4, 0.5) is 0 Å². The summed E-state index contributed by atoms with van der Waals surface area (Å²) in [6.45, 7) is 1.87. The van der Waals surface area contributed by atoms with Crippen LogP contribution in [0.25, 0.3) is 10.8 Å². The first-order valence-corrected chi connectivity index (χ1v) is 4.30. The Morgan fingerprint density at radius 3 is 2.43 bits per heavy atom. The molecule has 3 heteroatoms. The van der Waals surface area contributed by atoms with Gasteiger partial charge >= 0.3 is 0 Å². The first kappa shape index (κ1) is 8.69. The van der Waals surface area contributed by atoms with Crippen LogP contribution < -0.4 is 5.43 Å². The molecule has 1 aromatic heterocycles. The molecule has 0 saturated heterocycles. The maximum atomic E-state index is 11.1. The SMILES string of the molecule is Cc1[nH]c(C=O)c2ccc(=O)ccc12. The van der Waals surface area contributed by atoms with Crippen LogP contribution >= 0.6 is 0 Å². The molecule has 0 amide bonds. The van der Waals surface area contributed by atoms with Crippen LogP contribution in [-0.2, 0) is 0 Å². The number of aldehydes is 1. The molecule has 1 N–H and O–H groups in total. The molecule has 2 rings (SSSR count). The number of aromatic amines is 1. The molecule has 0 radical (unpaired) electrons. The second-order valence-corrected chi connectivity index (χ2v) is 3.18. The number of aromatic nitrogens is 1. The lowest BCUT2D eigenvalue weighted by Crippen LogP contribution is -1.88. The molecule has 0 aliphatic rings. The van der Waals surface area contributed by atoms with Crippen LogP contribution in [0.2, 0.25) is 0 Å². The summed E-state index contributed by atoms with van der Waals surface area (Å²) < 4.78 is 0. The van der Waals surface area contributed by atoms with Crippen LogP contribution in [0.5, 0.6) is 0 Å². The third-order valence-electron chi connectivity index (χ3n) is 2.25. The van der Waals surface area contributed by atoms with Crippen molar-refractivity contribution in [2.45, 2.75) is 6.92 Å². The highest BCUT2D eigenvalue weighted by atomic mass is 16.1. The maximum absolute atomic E-state index is 11.1. The Hall–Kier alpha value is -1.90. The average molecular weight is 187 g/mol. The van der Waals surface area contributed by atoms with Crippen LogP contribution in [-0.4, -0.2) is 11.3 Å². The molecular formula is C11H9NO2. The van der Waals surface area contributed by atoms with E-state index in [1.807, 2.05) is 6.92 Å². The maximum Gasteiger partial charge on any atom is 0.178 e. The molecular weight excluding hydrogens is 178 g/mol.